The summed E-state index contributed by atoms with van der Waals surface area (Å²) in [7, 11) is 1.61. The van der Waals surface area contributed by atoms with E-state index >= 15 is 0 Å². The SMILES string of the molecule is COc1ccc(/C(C#N)=C/c2cc(Br)ccc2OCc2cccc(Cl)c2)cc1. The van der Waals surface area contributed by atoms with Crippen LogP contribution in [0.2, 0.25) is 5.02 Å². The molecule has 0 aliphatic heterocycles. The molecular weight excluding hydrogens is 438 g/mol. The fraction of sp³-hybridized carbons (Fsp3) is 0.0870. The minimum atomic E-state index is 0.382. The van der Waals surface area contributed by atoms with Gasteiger partial charge in [-0.25, -0.2) is 0 Å². The van der Waals surface area contributed by atoms with Crippen LogP contribution in [0.25, 0.3) is 11.6 Å². The lowest BCUT2D eigenvalue weighted by Gasteiger charge is -2.11. The molecule has 0 N–H and O–H groups in total. The first-order chi connectivity index (χ1) is 13.6. The number of methoxy groups -OCH3 is 1. The molecule has 0 saturated heterocycles. The maximum absolute atomic E-state index is 9.65. The van der Waals surface area contributed by atoms with Gasteiger partial charge in [0.2, 0.25) is 0 Å². The van der Waals surface area contributed by atoms with E-state index in [0.717, 1.165) is 26.9 Å². The molecule has 3 aromatic carbocycles. The lowest BCUT2D eigenvalue weighted by atomic mass is 10.0. The number of rotatable bonds is 6. The normalized spacial score (nSPS) is 11.0. The molecule has 3 rings (SSSR count). The second-order valence-electron chi connectivity index (χ2n) is 6.00. The van der Waals surface area contributed by atoms with Gasteiger partial charge in [-0.2, -0.15) is 5.26 Å². The zero-order valence-corrected chi connectivity index (χ0v) is 17.5. The minimum Gasteiger partial charge on any atom is -0.497 e. The van der Waals surface area contributed by atoms with Gasteiger partial charge >= 0.3 is 0 Å². The molecule has 3 nitrogen and oxygen atoms in total. The van der Waals surface area contributed by atoms with Crippen molar-refractivity contribution in [1.82, 2.24) is 0 Å². The monoisotopic (exact) mass is 453 g/mol. The van der Waals surface area contributed by atoms with Crippen LogP contribution in [0, 0.1) is 11.3 Å². The summed E-state index contributed by atoms with van der Waals surface area (Å²) in [6.07, 6.45) is 1.82. The summed E-state index contributed by atoms with van der Waals surface area (Å²) in [6, 6.07) is 22.9. The maximum atomic E-state index is 9.65. The van der Waals surface area contributed by atoms with Crippen molar-refractivity contribution in [2.24, 2.45) is 0 Å². The van der Waals surface area contributed by atoms with Gasteiger partial charge < -0.3 is 9.47 Å². The molecule has 3 aromatic rings. The summed E-state index contributed by atoms with van der Waals surface area (Å²) < 4.78 is 12.1. The Morgan fingerprint density at radius 3 is 2.57 bits per heavy atom. The molecular formula is C23H17BrClNO2. The van der Waals surface area contributed by atoms with E-state index in [1.54, 1.807) is 7.11 Å². The van der Waals surface area contributed by atoms with E-state index in [2.05, 4.69) is 22.0 Å². The number of allylic oxidation sites excluding steroid dienone is 1. The number of hydrogen-bond acceptors (Lipinski definition) is 3. The Morgan fingerprint density at radius 1 is 1.11 bits per heavy atom. The van der Waals surface area contributed by atoms with Crippen LogP contribution in [0.1, 0.15) is 16.7 Å². The maximum Gasteiger partial charge on any atom is 0.127 e. The summed E-state index contributed by atoms with van der Waals surface area (Å²) in [5, 5.41) is 10.3. The van der Waals surface area contributed by atoms with Crippen molar-refractivity contribution < 1.29 is 9.47 Å². The smallest absolute Gasteiger partial charge is 0.127 e. The number of ether oxygens (including phenoxy) is 2. The van der Waals surface area contributed by atoms with E-state index < -0.39 is 0 Å². The lowest BCUT2D eigenvalue weighted by molar-refractivity contribution is 0.305. The molecule has 0 aliphatic carbocycles. The predicted molar refractivity (Wildman–Crippen MR) is 116 cm³/mol. The van der Waals surface area contributed by atoms with E-state index in [9.17, 15) is 5.26 Å². The Kier molecular flexibility index (Phi) is 6.76. The third-order valence-electron chi connectivity index (χ3n) is 4.08. The first kappa shape index (κ1) is 20.0. The third kappa shape index (κ3) is 5.16. The van der Waals surface area contributed by atoms with E-state index in [1.807, 2.05) is 72.8 Å². The highest BCUT2D eigenvalue weighted by Crippen LogP contribution is 2.29. The second-order valence-corrected chi connectivity index (χ2v) is 7.35. The predicted octanol–water partition coefficient (Wildman–Crippen LogP) is 6.75. The molecule has 0 atom stereocenters. The molecule has 140 valence electrons. The Bertz CT molecular complexity index is 1040. The van der Waals surface area contributed by atoms with Crippen LogP contribution < -0.4 is 9.47 Å². The molecule has 0 fully saturated rings. The van der Waals surface area contributed by atoms with E-state index in [-0.39, 0.29) is 0 Å². The molecule has 0 radical (unpaired) electrons. The van der Waals surface area contributed by atoms with E-state index in [1.165, 1.54) is 0 Å². The van der Waals surface area contributed by atoms with Crippen LogP contribution in [0.5, 0.6) is 11.5 Å². The Morgan fingerprint density at radius 2 is 1.89 bits per heavy atom. The highest BCUT2D eigenvalue weighted by atomic mass is 79.9. The Hall–Kier alpha value is -2.74. The van der Waals surface area contributed by atoms with Gasteiger partial charge in [0.25, 0.3) is 0 Å². The van der Waals surface area contributed by atoms with Gasteiger partial charge in [0.15, 0.2) is 0 Å². The van der Waals surface area contributed by atoms with Gasteiger partial charge in [-0.1, -0.05) is 39.7 Å². The van der Waals surface area contributed by atoms with Crippen LogP contribution in [-0.2, 0) is 6.61 Å². The Balaban J connectivity index is 1.90. The highest BCUT2D eigenvalue weighted by Gasteiger charge is 2.08. The second kappa shape index (κ2) is 9.45. The number of halogens is 2. The van der Waals surface area contributed by atoms with Crippen LogP contribution in [0.3, 0.4) is 0 Å². The molecule has 0 spiro atoms. The van der Waals surface area contributed by atoms with Crippen molar-refractivity contribution in [3.8, 4) is 17.6 Å². The summed E-state index contributed by atoms with van der Waals surface area (Å²) in [4.78, 5) is 0. The van der Waals surface area contributed by atoms with Gasteiger partial charge in [-0.3, -0.25) is 0 Å². The van der Waals surface area contributed by atoms with E-state index in [0.29, 0.717) is 23.0 Å². The average Bonchev–Trinajstić information content (AvgIpc) is 2.71. The van der Waals surface area contributed by atoms with E-state index in [4.69, 9.17) is 21.1 Å². The van der Waals surface area contributed by atoms with Crippen LogP contribution in [0.15, 0.2) is 71.2 Å². The summed E-state index contributed by atoms with van der Waals surface area (Å²) in [5.41, 5.74) is 3.13. The van der Waals surface area contributed by atoms with Crippen molar-refractivity contribution >= 4 is 39.2 Å². The standard InChI is InChI=1S/C23H17BrClNO2/c1-27-22-8-5-17(6-9-22)19(14-26)12-18-13-20(24)7-10-23(18)28-15-16-3-2-4-21(25)11-16/h2-13H,15H2,1H3/b19-12+. The fourth-order valence-corrected chi connectivity index (χ4v) is 3.25. The quantitative estimate of drug-likeness (QED) is 0.305. The molecule has 0 aliphatic rings. The topological polar surface area (TPSA) is 42.2 Å². The summed E-state index contributed by atoms with van der Waals surface area (Å²) >= 11 is 9.53. The zero-order chi connectivity index (χ0) is 19.9. The first-order valence-corrected chi connectivity index (χ1v) is 9.69. The molecule has 0 bridgehead atoms. The van der Waals surface area contributed by atoms with Crippen molar-refractivity contribution in [2.45, 2.75) is 6.61 Å². The van der Waals surface area contributed by atoms with Crippen molar-refractivity contribution in [3.05, 3.63) is 92.9 Å². The van der Waals surface area contributed by atoms with Crippen LogP contribution in [0.4, 0.5) is 0 Å². The molecule has 0 amide bonds. The van der Waals surface area contributed by atoms with Crippen LogP contribution >= 0.6 is 27.5 Å². The van der Waals surface area contributed by atoms with Crippen molar-refractivity contribution in [3.63, 3.8) is 0 Å². The molecule has 0 saturated carbocycles. The Labute approximate surface area is 177 Å². The van der Waals surface area contributed by atoms with Gasteiger partial charge in [0, 0.05) is 15.1 Å². The summed E-state index contributed by atoms with van der Waals surface area (Å²) in [5.74, 6) is 1.43. The van der Waals surface area contributed by atoms with Crippen molar-refractivity contribution in [2.75, 3.05) is 7.11 Å². The summed E-state index contributed by atoms with van der Waals surface area (Å²) in [6.45, 7) is 0.382. The minimum absolute atomic E-state index is 0.382. The third-order valence-corrected chi connectivity index (χ3v) is 4.80. The number of nitrogens with zero attached hydrogens (tertiary/aromatic N) is 1. The molecule has 0 aromatic heterocycles. The average molecular weight is 455 g/mol. The fourth-order valence-electron chi connectivity index (χ4n) is 2.66. The molecule has 5 heteroatoms. The van der Waals surface area contributed by atoms with Crippen molar-refractivity contribution in [1.29, 1.82) is 5.26 Å². The number of nitriles is 1. The molecule has 28 heavy (non-hydrogen) atoms. The molecule has 0 heterocycles. The van der Waals surface area contributed by atoms with Crippen LogP contribution in [-0.4, -0.2) is 7.11 Å². The number of benzene rings is 3. The lowest BCUT2D eigenvalue weighted by Crippen LogP contribution is -1.97. The largest absolute Gasteiger partial charge is 0.497 e. The van der Waals surface area contributed by atoms with Gasteiger partial charge in [0.05, 0.1) is 18.8 Å². The number of hydrogen-bond donors (Lipinski definition) is 0. The highest BCUT2D eigenvalue weighted by molar-refractivity contribution is 9.10. The zero-order valence-electron chi connectivity index (χ0n) is 15.2. The van der Waals surface area contributed by atoms with Gasteiger partial charge in [-0.15, -0.1) is 0 Å². The van der Waals surface area contributed by atoms with Gasteiger partial charge in [0.1, 0.15) is 18.1 Å². The first-order valence-electron chi connectivity index (χ1n) is 8.52. The van der Waals surface area contributed by atoms with Gasteiger partial charge in [-0.05, 0) is 71.8 Å². The molecule has 0 unspecified atom stereocenters.